The lowest BCUT2D eigenvalue weighted by Gasteiger charge is -2.11. The van der Waals surface area contributed by atoms with Crippen LogP contribution in [0.5, 0.6) is 0 Å². The first-order chi connectivity index (χ1) is 15.6. The van der Waals surface area contributed by atoms with E-state index in [0.29, 0.717) is 29.9 Å². The Bertz CT molecular complexity index is 915. The second-order valence-corrected chi connectivity index (χ2v) is 9.09. The quantitative estimate of drug-likeness (QED) is 0.233. The molecule has 6 nitrogen and oxygen atoms in total. The Hall–Kier alpha value is -2.89. The van der Waals surface area contributed by atoms with Crippen LogP contribution in [0, 0.1) is 5.92 Å². The molecule has 0 radical (unpaired) electrons. The van der Waals surface area contributed by atoms with E-state index in [9.17, 15) is 19.5 Å². The number of aliphatic hydroxyl groups excluding tert-OH is 1. The van der Waals surface area contributed by atoms with Gasteiger partial charge in [0.1, 0.15) is 5.76 Å². The van der Waals surface area contributed by atoms with Crippen LogP contribution in [0.3, 0.4) is 0 Å². The monoisotopic (exact) mass is 456 g/mol. The van der Waals surface area contributed by atoms with Crippen molar-refractivity contribution in [2.45, 2.75) is 85.4 Å². The molecule has 6 heteroatoms. The number of hydrogen-bond acceptors (Lipinski definition) is 6. The van der Waals surface area contributed by atoms with Crippen LogP contribution in [0.1, 0.15) is 73.1 Å². The number of ether oxygens (including phenoxy) is 2. The van der Waals surface area contributed by atoms with E-state index < -0.39 is 18.2 Å². The molecule has 2 aliphatic rings. The number of carbonyl (C=O) groups is 3. The van der Waals surface area contributed by atoms with Gasteiger partial charge < -0.3 is 14.6 Å². The van der Waals surface area contributed by atoms with Gasteiger partial charge in [0.05, 0.1) is 5.57 Å². The van der Waals surface area contributed by atoms with Gasteiger partial charge in [-0.1, -0.05) is 42.4 Å². The Kier molecular flexibility index (Phi) is 9.89. The lowest BCUT2D eigenvalue weighted by atomic mass is 10.0. The maximum atomic E-state index is 11.8. The number of esters is 2. The van der Waals surface area contributed by atoms with Crippen molar-refractivity contribution in [3.05, 3.63) is 58.4 Å². The minimum absolute atomic E-state index is 0.0476. The molecule has 2 rings (SSSR count). The smallest absolute Gasteiger partial charge is 0.338 e. The van der Waals surface area contributed by atoms with E-state index in [1.165, 1.54) is 12.5 Å². The maximum Gasteiger partial charge on any atom is 0.338 e. The van der Waals surface area contributed by atoms with Gasteiger partial charge in [0.2, 0.25) is 0 Å². The van der Waals surface area contributed by atoms with Gasteiger partial charge in [-0.05, 0) is 71.8 Å². The lowest BCUT2D eigenvalue weighted by Crippen LogP contribution is -2.16. The van der Waals surface area contributed by atoms with E-state index in [1.807, 2.05) is 6.92 Å². The molecule has 0 aromatic carbocycles. The molecule has 3 atom stereocenters. The Morgan fingerprint density at radius 3 is 2.48 bits per heavy atom. The second kappa shape index (κ2) is 12.4. The van der Waals surface area contributed by atoms with Crippen LogP contribution in [0.4, 0.5) is 0 Å². The number of rotatable bonds is 12. The first-order valence-corrected chi connectivity index (χ1v) is 11.6. The number of allylic oxidation sites excluding steroid dienone is 5. The summed E-state index contributed by atoms with van der Waals surface area (Å²) in [6.07, 6.45) is 13.6. The van der Waals surface area contributed by atoms with Crippen molar-refractivity contribution in [2.24, 2.45) is 5.92 Å². The molecule has 1 unspecified atom stereocenters. The van der Waals surface area contributed by atoms with Crippen molar-refractivity contribution in [1.82, 2.24) is 0 Å². The highest BCUT2D eigenvalue weighted by atomic mass is 16.6. The fraction of sp³-hybridized carbons (Fsp3) is 0.519. The summed E-state index contributed by atoms with van der Waals surface area (Å²) in [5, 5.41) is 9.94. The summed E-state index contributed by atoms with van der Waals surface area (Å²) in [6.45, 7) is 9.23. The molecular formula is C27H36O6. The van der Waals surface area contributed by atoms with E-state index in [0.717, 1.165) is 31.3 Å². The summed E-state index contributed by atoms with van der Waals surface area (Å²) in [5.74, 6) is -0.494. The summed E-state index contributed by atoms with van der Waals surface area (Å²) >= 11 is 0. The predicted molar refractivity (Wildman–Crippen MR) is 127 cm³/mol. The summed E-state index contributed by atoms with van der Waals surface area (Å²) in [6, 6.07) is 0. The van der Waals surface area contributed by atoms with Crippen molar-refractivity contribution in [1.29, 1.82) is 0 Å². The zero-order chi connectivity index (χ0) is 24.5. The van der Waals surface area contributed by atoms with Crippen molar-refractivity contribution >= 4 is 17.7 Å². The fourth-order valence-electron chi connectivity index (χ4n) is 3.73. The molecule has 0 bridgehead atoms. The lowest BCUT2D eigenvalue weighted by molar-refractivity contribution is -0.145. The number of Topliss-reactive ketones (excluding diaryl/α,β-unsaturated/α-hetero) is 1. The molecule has 0 aromatic rings. The number of hydrogen-bond donors (Lipinski definition) is 1. The van der Waals surface area contributed by atoms with Crippen LogP contribution in [0.2, 0.25) is 0 Å². The van der Waals surface area contributed by atoms with Gasteiger partial charge in [0.15, 0.2) is 18.0 Å². The molecule has 0 amide bonds. The van der Waals surface area contributed by atoms with Crippen LogP contribution < -0.4 is 0 Å². The molecule has 180 valence electrons. The molecule has 0 spiro atoms. The number of ketones is 1. The first-order valence-electron chi connectivity index (χ1n) is 11.6. The summed E-state index contributed by atoms with van der Waals surface area (Å²) in [4.78, 5) is 34.6. The van der Waals surface area contributed by atoms with E-state index in [4.69, 9.17) is 9.47 Å². The van der Waals surface area contributed by atoms with Gasteiger partial charge in [-0.25, -0.2) is 9.59 Å². The molecule has 2 aliphatic heterocycles. The highest BCUT2D eigenvalue weighted by Crippen LogP contribution is 2.25. The standard InChI is InChI=1S/C27H36O6/c1-17(11-7-13-19(3)15-24-25(29)20(4)26(30)33-24)9-6-10-18(2)12-8-14-22-16-23(21(5)28)32-27(22)31/h6,9-10,13,16-17,23-24,29H,7-8,11-12,14-15H2,1-5H3/b9-6+,18-10+,19-13-/t17-,23?,24-/m1/s1. The second-order valence-electron chi connectivity index (χ2n) is 9.09. The van der Waals surface area contributed by atoms with E-state index in [-0.39, 0.29) is 17.5 Å². The number of aliphatic hydroxyl groups is 1. The third kappa shape index (κ3) is 8.19. The van der Waals surface area contributed by atoms with Crippen molar-refractivity contribution < 1.29 is 29.0 Å². The van der Waals surface area contributed by atoms with Crippen molar-refractivity contribution in [3.8, 4) is 0 Å². The van der Waals surface area contributed by atoms with Crippen molar-refractivity contribution in [3.63, 3.8) is 0 Å². The minimum atomic E-state index is -0.708. The molecule has 0 fully saturated rings. The Balaban J connectivity index is 1.68. The predicted octanol–water partition coefficient (Wildman–Crippen LogP) is 5.61. The highest BCUT2D eigenvalue weighted by Gasteiger charge is 2.31. The molecular weight excluding hydrogens is 420 g/mol. The summed E-state index contributed by atoms with van der Waals surface area (Å²) < 4.78 is 10.2. The normalized spacial score (nSPS) is 22.6. The topological polar surface area (TPSA) is 89.9 Å². The van der Waals surface area contributed by atoms with Gasteiger partial charge in [-0.2, -0.15) is 0 Å². The van der Waals surface area contributed by atoms with Gasteiger partial charge in [-0.3, -0.25) is 4.79 Å². The molecule has 0 saturated carbocycles. The Morgan fingerprint density at radius 2 is 1.88 bits per heavy atom. The molecule has 2 heterocycles. The Labute approximate surface area is 196 Å². The zero-order valence-electron chi connectivity index (χ0n) is 20.3. The third-order valence-corrected chi connectivity index (χ3v) is 5.95. The molecule has 0 aliphatic carbocycles. The summed E-state index contributed by atoms with van der Waals surface area (Å²) in [5.41, 5.74) is 3.23. The third-order valence-electron chi connectivity index (χ3n) is 5.95. The molecule has 0 saturated heterocycles. The van der Waals surface area contributed by atoms with Gasteiger partial charge in [-0.15, -0.1) is 0 Å². The van der Waals surface area contributed by atoms with E-state index >= 15 is 0 Å². The van der Waals surface area contributed by atoms with Crippen molar-refractivity contribution in [2.75, 3.05) is 0 Å². The largest absolute Gasteiger partial charge is 0.508 e. The van der Waals surface area contributed by atoms with Gasteiger partial charge in [0.25, 0.3) is 0 Å². The van der Waals surface area contributed by atoms with Gasteiger partial charge in [0, 0.05) is 12.0 Å². The van der Waals surface area contributed by atoms with Crippen LogP contribution in [-0.2, 0) is 23.9 Å². The molecule has 0 aromatic heterocycles. The number of carbonyl (C=O) groups excluding carboxylic acids is 3. The zero-order valence-corrected chi connectivity index (χ0v) is 20.3. The molecule has 33 heavy (non-hydrogen) atoms. The van der Waals surface area contributed by atoms with Crippen LogP contribution in [0.25, 0.3) is 0 Å². The minimum Gasteiger partial charge on any atom is -0.508 e. The maximum absolute atomic E-state index is 11.8. The van der Waals surface area contributed by atoms with E-state index in [1.54, 1.807) is 13.0 Å². The highest BCUT2D eigenvalue weighted by molar-refractivity contribution is 5.97. The van der Waals surface area contributed by atoms with Crippen LogP contribution >= 0.6 is 0 Å². The first kappa shape index (κ1) is 26.4. The molecule has 1 N–H and O–H groups in total. The van der Waals surface area contributed by atoms with Crippen LogP contribution in [0.15, 0.2) is 58.4 Å². The van der Waals surface area contributed by atoms with E-state index in [2.05, 4.69) is 38.2 Å². The van der Waals surface area contributed by atoms with Crippen LogP contribution in [-0.4, -0.2) is 35.0 Å². The Morgan fingerprint density at radius 1 is 1.15 bits per heavy atom. The SMILES string of the molecule is CC(=O)C1C=C(CCC/C(C)=C/C=C/[C@@H](C)CC/C=C(/C)C[C@H]2OC(=O)C(C)=C2O)C(=O)O1. The average molecular weight is 457 g/mol. The summed E-state index contributed by atoms with van der Waals surface area (Å²) in [7, 11) is 0. The fourth-order valence-corrected chi connectivity index (χ4v) is 3.73. The average Bonchev–Trinajstić information content (AvgIpc) is 3.23. The number of cyclic esters (lactones) is 2. The van der Waals surface area contributed by atoms with Gasteiger partial charge >= 0.3 is 11.9 Å².